The minimum atomic E-state index is -0.408. The van der Waals surface area contributed by atoms with E-state index in [-0.39, 0.29) is 10.8 Å². The number of nitrogens with zero attached hydrogens (tertiary/aromatic N) is 1. The zero-order valence-corrected chi connectivity index (χ0v) is 19.8. The average molecular weight is 446 g/mol. The van der Waals surface area contributed by atoms with Crippen molar-refractivity contribution in [3.63, 3.8) is 0 Å². The average Bonchev–Trinajstić information content (AvgIpc) is 3.36. The minimum absolute atomic E-state index is 0.0546. The SMILES string of the molecule is CCCC[C@@]1(c2ccccn2)CC2(c3ccccc3)CC1(C(=O)c1ccc3ccccc3c1)C2. The van der Waals surface area contributed by atoms with Gasteiger partial charge in [0.25, 0.3) is 0 Å². The summed E-state index contributed by atoms with van der Waals surface area (Å²) in [7, 11) is 0. The van der Waals surface area contributed by atoms with Crippen LogP contribution in [-0.4, -0.2) is 10.8 Å². The molecule has 3 aliphatic carbocycles. The van der Waals surface area contributed by atoms with Crippen molar-refractivity contribution in [3.05, 3.63) is 114 Å². The van der Waals surface area contributed by atoms with Gasteiger partial charge in [0.05, 0.1) is 0 Å². The minimum Gasteiger partial charge on any atom is -0.294 e. The number of pyridine rings is 1. The van der Waals surface area contributed by atoms with E-state index in [1.165, 1.54) is 10.9 Å². The lowest BCUT2D eigenvalue weighted by molar-refractivity contribution is 0.0382. The Kier molecular flexibility index (Phi) is 4.95. The second kappa shape index (κ2) is 7.91. The van der Waals surface area contributed by atoms with E-state index in [2.05, 4.69) is 79.7 Å². The summed E-state index contributed by atoms with van der Waals surface area (Å²) in [4.78, 5) is 19.5. The van der Waals surface area contributed by atoms with Crippen molar-refractivity contribution < 1.29 is 4.79 Å². The molecule has 0 N–H and O–H groups in total. The number of carbonyl (C=O) groups is 1. The standard InChI is InChI=1S/C32H31NO/c1-2-3-18-31(28-15-9-10-19-33-28)21-30(27-13-5-4-6-14-27)22-32(31,23-30)29(34)26-17-16-24-11-7-8-12-25(24)20-26/h4-17,19-20H,2-3,18,21-23H2,1H3/t30?,31-,32?/m0/s1. The molecule has 0 aliphatic heterocycles. The molecule has 4 aromatic rings. The van der Waals surface area contributed by atoms with Crippen LogP contribution in [0.15, 0.2) is 97.2 Å². The van der Waals surface area contributed by atoms with Crippen LogP contribution in [0.4, 0.5) is 0 Å². The number of hydrogen-bond donors (Lipinski definition) is 0. The number of carbonyl (C=O) groups excluding carboxylic acids is 1. The molecule has 170 valence electrons. The van der Waals surface area contributed by atoms with Crippen molar-refractivity contribution in [3.8, 4) is 0 Å². The fraction of sp³-hybridized carbons (Fsp3) is 0.312. The molecule has 3 fully saturated rings. The topological polar surface area (TPSA) is 30.0 Å². The highest BCUT2D eigenvalue weighted by atomic mass is 16.1. The lowest BCUT2D eigenvalue weighted by Crippen LogP contribution is -2.52. The van der Waals surface area contributed by atoms with Crippen molar-refractivity contribution in [2.24, 2.45) is 5.41 Å². The van der Waals surface area contributed by atoms with Crippen LogP contribution in [-0.2, 0) is 10.8 Å². The fourth-order valence-corrected chi connectivity index (χ4v) is 7.31. The number of ketones is 1. The Morgan fingerprint density at radius 3 is 2.29 bits per heavy atom. The Balaban J connectivity index is 1.51. The Labute approximate surface area is 202 Å². The number of aromatic nitrogens is 1. The van der Waals surface area contributed by atoms with E-state index in [1.807, 2.05) is 24.4 Å². The summed E-state index contributed by atoms with van der Waals surface area (Å²) in [5.74, 6) is 0.309. The molecule has 0 unspecified atom stereocenters. The van der Waals surface area contributed by atoms with Gasteiger partial charge in [0.15, 0.2) is 5.78 Å². The largest absolute Gasteiger partial charge is 0.294 e. The van der Waals surface area contributed by atoms with Crippen molar-refractivity contribution in [1.82, 2.24) is 4.98 Å². The van der Waals surface area contributed by atoms with Gasteiger partial charge < -0.3 is 0 Å². The van der Waals surface area contributed by atoms with Crippen LogP contribution in [0, 0.1) is 5.41 Å². The molecule has 2 nitrogen and oxygen atoms in total. The Bertz CT molecular complexity index is 1340. The molecular weight excluding hydrogens is 414 g/mol. The lowest BCUT2D eigenvalue weighted by atomic mass is 9.50. The summed E-state index contributed by atoms with van der Waals surface area (Å²) < 4.78 is 0. The third-order valence-corrected chi connectivity index (χ3v) is 8.78. The molecule has 0 saturated heterocycles. The third kappa shape index (κ3) is 2.94. The highest BCUT2D eigenvalue weighted by Crippen LogP contribution is 2.77. The van der Waals surface area contributed by atoms with Crippen LogP contribution in [0.5, 0.6) is 0 Å². The summed E-state index contributed by atoms with van der Waals surface area (Å²) in [5.41, 5.74) is 2.75. The first-order valence-electron chi connectivity index (χ1n) is 12.6. The summed E-state index contributed by atoms with van der Waals surface area (Å²) in [6.45, 7) is 2.25. The predicted octanol–water partition coefficient (Wildman–Crippen LogP) is 7.67. The maximum absolute atomic E-state index is 14.5. The summed E-state index contributed by atoms with van der Waals surface area (Å²) in [6, 6.07) is 31.7. The molecule has 1 atom stereocenters. The van der Waals surface area contributed by atoms with Crippen molar-refractivity contribution >= 4 is 16.6 Å². The zero-order chi connectivity index (χ0) is 23.2. The first kappa shape index (κ1) is 21.3. The van der Waals surface area contributed by atoms with Crippen LogP contribution in [0.2, 0.25) is 0 Å². The molecule has 1 heterocycles. The number of benzene rings is 3. The van der Waals surface area contributed by atoms with Crippen LogP contribution >= 0.6 is 0 Å². The van der Waals surface area contributed by atoms with Gasteiger partial charge in [0, 0.05) is 28.3 Å². The highest BCUT2D eigenvalue weighted by Gasteiger charge is 2.76. The number of hydrogen-bond acceptors (Lipinski definition) is 2. The first-order valence-corrected chi connectivity index (χ1v) is 12.6. The van der Waals surface area contributed by atoms with Crippen molar-refractivity contribution in [2.45, 2.75) is 56.3 Å². The van der Waals surface area contributed by atoms with Gasteiger partial charge in [-0.15, -0.1) is 0 Å². The smallest absolute Gasteiger partial charge is 0.170 e. The predicted molar refractivity (Wildman–Crippen MR) is 138 cm³/mol. The second-order valence-corrected chi connectivity index (χ2v) is 10.6. The third-order valence-electron chi connectivity index (χ3n) is 8.78. The number of Topliss-reactive ketones (excluding diaryl/α,β-unsaturated/α-hetero) is 1. The Morgan fingerprint density at radius 2 is 1.56 bits per heavy atom. The van der Waals surface area contributed by atoms with E-state index in [1.54, 1.807) is 0 Å². The molecule has 3 aliphatic rings. The van der Waals surface area contributed by atoms with Crippen LogP contribution in [0.3, 0.4) is 0 Å². The summed E-state index contributed by atoms with van der Waals surface area (Å²) in [5, 5.41) is 2.31. The summed E-state index contributed by atoms with van der Waals surface area (Å²) >= 11 is 0. The van der Waals surface area contributed by atoms with E-state index >= 15 is 0 Å². The number of fused-ring (bicyclic) bond motifs is 2. The molecule has 7 rings (SSSR count). The molecule has 2 heteroatoms. The van der Waals surface area contributed by atoms with Gasteiger partial charge in [0.1, 0.15) is 0 Å². The van der Waals surface area contributed by atoms with Crippen LogP contribution in [0.25, 0.3) is 10.8 Å². The second-order valence-electron chi connectivity index (χ2n) is 10.6. The highest BCUT2D eigenvalue weighted by molar-refractivity contribution is 6.06. The molecule has 2 bridgehead atoms. The maximum Gasteiger partial charge on any atom is 0.170 e. The van der Waals surface area contributed by atoms with Gasteiger partial charge in [-0.1, -0.05) is 92.6 Å². The van der Waals surface area contributed by atoms with Crippen LogP contribution < -0.4 is 0 Å². The molecule has 0 spiro atoms. The van der Waals surface area contributed by atoms with Crippen molar-refractivity contribution in [1.29, 1.82) is 0 Å². The zero-order valence-electron chi connectivity index (χ0n) is 19.8. The molecule has 1 aromatic heterocycles. The molecule has 3 saturated carbocycles. The van der Waals surface area contributed by atoms with E-state index < -0.39 is 5.41 Å². The number of unbranched alkanes of at least 4 members (excludes halogenated alkanes) is 1. The van der Waals surface area contributed by atoms with E-state index in [0.29, 0.717) is 5.78 Å². The van der Waals surface area contributed by atoms with E-state index in [0.717, 1.165) is 55.2 Å². The Morgan fingerprint density at radius 1 is 0.824 bits per heavy atom. The fourth-order valence-electron chi connectivity index (χ4n) is 7.31. The molecule has 34 heavy (non-hydrogen) atoms. The van der Waals surface area contributed by atoms with Crippen molar-refractivity contribution in [2.75, 3.05) is 0 Å². The monoisotopic (exact) mass is 445 g/mol. The molecule has 0 amide bonds. The normalized spacial score (nSPS) is 27.4. The quantitative estimate of drug-likeness (QED) is 0.273. The van der Waals surface area contributed by atoms with Gasteiger partial charge in [-0.05, 0) is 65.6 Å². The molecule has 0 radical (unpaired) electrons. The van der Waals surface area contributed by atoms with E-state index in [9.17, 15) is 4.79 Å². The maximum atomic E-state index is 14.5. The molecular formula is C32H31NO. The van der Waals surface area contributed by atoms with E-state index in [4.69, 9.17) is 4.98 Å². The lowest BCUT2D eigenvalue weighted by Gasteiger charge is -2.51. The van der Waals surface area contributed by atoms with Gasteiger partial charge >= 0.3 is 0 Å². The Hall–Kier alpha value is -3.26. The number of rotatable bonds is 7. The van der Waals surface area contributed by atoms with Gasteiger partial charge in [-0.25, -0.2) is 0 Å². The van der Waals surface area contributed by atoms with Gasteiger partial charge in [-0.2, -0.15) is 0 Å². The van der Waals surface area contributed by atoms with Crippen LogP contribution in [0.1, 0.15) is 67.1 Å². The molecule has 3 aromatic carbocycles. The van der Waals surface area contributed by atoms with Gasteiger partial charge in [0.2, 0.25) is 0 Å². The van der Waals surface area contributed by atoms with Gasteiger partial charge in [-0.3, -0.25) is 9.78 Å². The first-order chi connectivity index (χ1) is 16.6. The summed E-state index contributed by atoms with van der Waals surface area (Å²) in [6.07, 6.45) is 7.96.